The zero-order valence-corrected chi connectivity index (χ0v) is 15.1. The average molecular weight is 358 g/mol. The summed E-state index contributed by atoms with van der Waals surface area (Å²) >= 11 is 0. The van der Waals surface area contributed by atoms with Gasteiger partial charge in [0.25, 0.3) is 0 Å². The maximum absolute atomic E-state index is 11.9. The number of hydrogen-bond acceptors (Lipinski definition) is 6. The molecule has 0 spiro atoms. The van der Waals surface area contributed by atoms with Crippen molar-refractivity contribution in [2.75, 3.05) is 14.2 Å². The largest absolute Gasteiger partial charge is 0.508 e. The molecule has 1 fully saturated rings. The van der Waals surface area contributed by atoms with Crippen molar-refractivity contribution in [3.63, 3.8) is 0 Å². The Morgan fingerprint density at radius 1 is 1.25 bits per heavy atom. The van der Waals surface area contributed by atoms with Crippen molar-refractivity contribution in [3.05, 3.63) is 29.3 Å². The van der Waals surface area contributed by atoms with Crippen molar-refractivity contribution in [3.8, 4) is 5.75 Å². The van der Waals surface area contributed by atoms with Crippen LogP contribution in [0.2, 0.25) is 0 Å². The van der Waals surface area contributed by atoms with Crippen molar-refractivity contribution >= 4 is 13.8 Å². The van der Waals surface area contributed by atoms with Gasteiger partial charge < -0.3 is 14.5 Å². The highest BCUT2D eigenvalue weighted by atomic mass is 31.2. The molecule has 7 nitrogen and oxygen atoms in total. The third-order valence-electron chi connectivity index (χ3n) is 4.36. The van der Waals surface area contributed by atoms with E-state index in [9.17, 15) is 14.3 Å². The van der Waals surface area contributed by atoms with Crippen LogP contribution in [-0.2, 0) is 23.3 Å². The van der Waals surface area contributed by atoms with E-state index < -0.39 is 19.7 Å². The van der Waals surface area contributed by atoms with Crippen molar-refractivity contribution in [2.45, 2.75) is 38.5 Å². The molecule has 1 saturated carbocycles. The van der Waals surface area contributed by atoms with E-state index in [1.807, 2.05) is 12.1 Å². The molecule has 1 aromatic rings. The summed E-state index contributed by atoms with van der Waals surface area (Å²) in [6, 6.07) is 5.40. The van der Waals surface area contributed by atoms with E-state index in [0.717, 1.165) is 25.5 Å². The molecular weight excluding hydrogens is 335 g/mol. The smallest absolute Gasteiger partial charge is 0.469 e. The number of phosphoric acid groups is 1. The van der Waals surface area contributed by atoms with Gasteiger partial charge in [-0.2, -0.15) is 0 Å². The van der Waals surface area contributed by atoms with Gasteiger partial charge in [0.05, 0.1) is 13.0 Å². The predicted molar refractivity (Wildman–Crippen MR) is 86.6 cm³/mol. The molecule has 3 unspecified atom stereocenters. The summed E-state index contributed by atoms with van der Waals surface area (Å²) in [4.78, 5) is 26.5. The molecule has 2 rings (SSSR count). The predicted octanol–water partition coefficient (Wildman–Crippen LogP) is 3.53. The van der Waals surface area contributed by atoms with Crippen molar-refractivity contribution < 1.29 is 33.1 Å². The Morgan fingerprint density at radius 2 is 1.88 bits per heavy atom. The number of para-hydroxylation sites is 1. The first-order valence-corrected chi connectivity index (χ1v) is 9.25. The zero-order valence-electron chi connectivity index (χ0n) is 14.2. The molecule has 134 valence electrons. The second kappa shape index (κ2) is 7.66. The van der Waals surface area contributed by atoms with Crippen LogP contribution in [0.5, 0.6) is 5.75 Å². The molecule has 24 heavy (non-hydrogen) atoms. The van der Waals surface area contributed by atoms with Gasteiger partial charge in [-0.1, -0.05) is 29.8 Å². The van der Waals surface area contributed by atoms with E-state index in [1.54, 1.807) is 13.0 Å². The van der Waals surface area contributed by atoms with Crippen molar-refractivity contribution in [1.29, 1.82) is 0 Å². The second-order valence-corrected chi connectivity index (χ2v) is 7.40. The maximum atomic E-state index is 11.9. The van der Waals surface area contributed by atoms with Crippen LogP contribution in [0.15, 0.2) is 18.2 Å². The van der Waals surface area contributed by atoms with E-state index in [1.165, 1.54) is 7.11 Å². The van der Waals surface area contributed by atoms with Crippen molar-refractivity contribution in [2.24, 2.45) is 5.92 Å². The van der Waals surface area contributed by atoms with Crippen LogP contribution in [-0.4, -0.2) is 25.1 Å². The lowest BCUT2D eigenvalue weighted by Gasteiger charge is -2.21. The summed E-state index contributed by atoms with van der Waals surface area (Å²) in [6.45, 7) is 3.73. The fraction of sp³-hybridized carbons (Fsp3) is 0.562. The van der Waals surface area contributed by atoms with E-state index in [4.69, 9.17) is 9.62 Å². The van der Waals surface area contributed by atoms with Gasteiger partial charge in [-0.05, 0) is 31.6 Å². The number of phosphoric ester groups is 1. The lowest BCUT2D eigenvalue weighted by molar-refractivity contribution is -0.142. The Hall–Kier alpha value is -1.40. The number of ether oxygens (including phenoxy) is 1. The van der Waals surface area contributed by atoms with Crippen LogP contribution >= 0.6 is 7.82 Å². The molecule has 1 N–H and O–H groups in total. The van der Waals surface area contributed by atoms with Gasteiger partial charge in [0, 0.05) is 18.2 Å². The molecule has 0 aromatic heterocycles. The normalized spacial score (nSPS) is 19.2. The maximum Gasteiger partial charge on any atom is 0.508 e. The van der Waals surface area contributed by atoms with E-state index in [-0.39, 0.29) is 11.7 Å². The molecule has 0 bridgehead atoms. The van der Waals surface area contributed by atoms with Crippen molar-refractivity contribution in [1.82, 2.24) is 0 Å². The van der Waals surface area contributed by atoms with Gasteiger partial charge in [0.15, 0.2) is 5.75 Å². The fourth-order valence-corrected chi connectivity index (χ4v) is 2.87. The summed E-state index contributed by atoms with van der Waals surface area (Å²) < 4.78 is 25.3. The molecule has 0 amide bonds. The van der Waals surface area contributed by atoms with E-state index in [0.29, 0.717) is 11.5 Å². The Labute approximate surface area is 141 Å². The monoisotopic (exact) mass is 358 g/mol. The Balaban J connectivity index is 2.39. The quantitative estimate of drug-likeness (QED) is 0.329. The summed E-state index contributed by atoms with van der Waals surface area (Å²) in [5.74, 6) is -0.0786. The number of carbonyl (C=O) groups is 1. The van der Waals surface area contributed by atoms with Crippen LogP contribution < -0.4 is 4.89 Å². The minimum absolute atomic E-state index is 0.175. The minimum Gasteiger partial charge on any atom is -0.469 e. The van der Waals surface area contributed by atoms with Crippen LogP contribution in [0.3, 0.4) is 0 Å². The number of esters is 1. The SMILES string of the molecule is COC(=O)C(C)c1cccc(C(C)C2CC2)c1OOP(=O)(O)OC. The number of carbonyl (C=O) groups excluding carboxylic acids is 1. The molecule has 1 aromatic carbocycles. The molecule has 1 aliphatic rings. The third kappa shape index (κ3) is 4.36. The summed E-state index contributed by atoms with van der Waals surface area (Å²) in [7, 11) is -1.97. The van der Waals surface area contributed by atoms with E-state index >= 15 is 0 Å². The third-order valence-corrected chi connectivity index (χ3v) is 5.09. The molecule has 3 atom stereocenters. The highest BCUT2D eigenvalue weighted by Crippen LogP contribution is 2.48. The lowest BCUT2D eigenvalue weighted by Crippen LogP contribution is -2.14. The van der Waals surface area contributed by atoms with Gasteiger partial charge in [-0.3, -0.25) is 9.32 Å². The van der Waals surface area contributed by atoms with E-state index in [2.05, 4.69) is 16.1 Å². The molecular formula is C16H23O7P. The number of hydrogen-bond donors (Lipinski definition) is 1. The Kier molecular flexibility index (Phi) is 6.04. The first-order chi connectivity index (χ1) is 11.3. The first-order valence-electron chi connectivity index (χ1n) is 7.76. The molecule has 0 saturated heterocycles. The summed E-state index contributed by atoms with van der Waals surface area (Å²) in [5, 5.41) is 0. The highest BCUT2D eigenvalue weighted by Gasteiger charge is 2.34. The highest BCUT2D eigenvalue weighted by molar-refractivity contribution is 7.47. The second-order valence-electron chi connectivity index (χ2n) is 5.95. The number of benzene rings is 1. The van der Waals surface area contributed by atoms with Gasteiger partial charge in [0.2, 0.25) is 0 Å². The lowest BCUT2D eigenvalue weighted by atomic mass is 9.90. The van der Waals surface area contributed by atoms with Crippen LogP contribution in [0.25, 0.3) is 0 Å². The molecule has 0 aliphatic heterocycles. The first kappa shape index (κ1) is 18.9. The zero-order chi connectivity index (χ0) is 17.9. The average Bonchev–Trinajstić information content (AvgIpc) is 3.42. The Bertz CT molecular complexity index is 641. The van der Waals surface area contributed by atoms with Gasteiger partial charge >= 0.3 is 13.8 Å². The van der Waals surface area contributed by atoms with Gasteiger partial charge in [-0.15, -0.1) is 0 Å². The molecule has 1 aliphatic carbocycles. The summed E-state index contributed by atoms with van der Waals surface area (Å²) in [6.07, 6.45) is 2.24. The van der Waals surface area contributed by atoms with Crippen LogP contribution in [0, 0.1) is 5.92 Å². The van der Waals surface area contributed by atoms with Gasteiger partial charge in [-0.25, -0.2) is 4.57 Å². The van der Waals surface area contributed by atoms with Gasteiger partial charge in [0.1, 0.15) is 0 Å². The number of methoxy groups -OCH3 is 1. The topological polar surface area (TPSA) is 91.3 Å². The standard InChI is InChI=1S/C16H23O7P/c1-10(12-8-9-12)13-6-5-7-14(11(2)16(17)20-3)15(13)22-23-24(18,19)21-4/h5-7,10-12H,8-9H2,1-4H3,(H,18,19). The molecule has 8 heteroatoms. The fourth-order valence-electron chi connectivity index (χ4n) is 2.64. The minimum atomic E-state index is -4.32. The van der Waals surface area contributed by atoms with Crippen LogP contribution in [0.4, 0.5) is 0 Å². The summed E-state index contributed by atoms with van der Waals surface area (Å²) in [5.41, 5.74) is 1.35. The molecule has 0 radical (unpaired) electrons. The number of rotatable bonds is 8. The van der Waals surface area contributed by atoms with Crippen LogP contribution in [0.1, 0.15) is 49.7 Å². The molecule has 0 heterocycles. The Morgan fingerprint density at radius 3 is 2.42 bits per heavy atom.